The van der Waals surface area contributed by atoms with Crippen LogP contribution in [0, 0.1) is 0 Å². The molecule has 3 nitrogen and oxygen atoms in total. The molecule has 0 bridgehead atoms. The Morgan fingerprint density at radius 1 is 0.917 bits per heavy atom. The average molecular weight is 321 g/mol. The van der Waals surface area contributed by atoms with Gasteiger partial charge in [0.1, 0.15) is 0 Å². The zero-order valence-electron chi connectivity index (χ0n) is 14.3. The van der Waals surface area contributed by atoms with Crippen LogP contribution in [0.5, 0.6) is 0 Å². The molecule has 2 aromatic carbocycles. The van der Waals surface area contributed by atoms with Gasteiger partial charge in [0.2, 0.25) is 0 Å². The molecule has 4 rings (SSSR count). The van der Waals surface area contributed by atoms with Gasteiger partial charge in [0.25, 0.3) is 0 Å². The molecule has 1 heterocycles. The molecule has 2 aliphatic rings. The smallest absolute Gasteiger partial charge is 0.0355 e. The zero-order valence-corrected chi connectivity index (χ0v) is 14.3. The minimum Gasteiger partial charge on any atom is -0.399 e. The standard InChI is InChI=1S/C21H27N3/c22-19-8-5-17(6-9-19)11-12-23-13-15-24(16-14-23)21-10-7-18-3-1-2-4-20(18)21/h1-6,8-9,21H,7,10-16,22H2. The third-order valence-corrected chi connectivity index (χ3v) is 5.65. The maximum absolute atomic E-state index is 5.76. The average Bonchev–Trinajstić information content (AvgIpc) is 3.06. The summed E-state index contributed by atoms with van der Waals surface area (Å²) in [4.78, 5) is 5.30. The summed E-state index contributed by atoms with van der Waals surface area (Å²) in [6.07, 6.45) is 3.66. The third kappa shape index (κ3) is 3.33. The van der Waals surface area contributed by atoms with Crippen LogP contribution < -0.4 is 5.73 Å². The fraction of sp³-hybridized carbons (Fsp3) is 0.429. The van der Waals surface area contributed by atoms with E-state index >= 15 is 0 Å². The van der Waals surface area contributed by atoms with Gasteiger partial charge in [-0.2, -0.15) is 0 Å². The van der Waals surface area contributed by atoms with Crippen LogP contribution in [0.1, 0.15) is 29.2 Å². The molecular formula is C21H27N3. The molecule has 24 heavy (non-hydrogen) atoms. The number of fused-ring (bicyclic) bond motifs is 1. The lowest BCUT2D eigenvalue weighted by molar-refractivity contribution is 0.0967. The highest BCUT2D eigenvalue weighted by molar-refractivity contribution is 5.39. The van der Waals surface area contributed by atoms with Gasteiger partial charge in [-0.05, 0) is 48.1 Å². The lowest BCUT2D eigenvalue weighted by Crippen LogP contribution is -2.47. The van der Waals surface area contributed by atoms with E-state index in [1.165, 1.54) is 44.6 Å². The second-order valence-corrected chi connectivity index (χ2v) is 7.12. The molecule has 3 heteroatoms. The zero-order chi connectivity index (χ0) is 16.4. The van der Waals surface area contributed by atoms with E-state index in [4.69, 9.17) is 5.73 Å². The topological polar surface area (TPSA) is 32.5 Å². The first-order chi connectivity index (χ1) is 11.8. The Bertz CT molecular complexity index is 672. The van der Waals surface area contributed by atoms with Crippen LogP contribution >= 0.6 is 0 Å². The highest BCUT2D eigenvalue weighted by Gasteiger charge is 2.29. The van der Waals surface area contributed by atoms with E-state index in [1.54, 1.807) is 11.1 Å². The van der Waals surface area contributed by atoms with Crippen LogP contribution in [-0.2, 0) is 12.8 Å². The van der Waals surface area contributed by atoms with Crippen molar-refractivity contribution < 1.29 is 0 Å². The Hall–Kier alpha value is -1.84. The normalized spacial score (nSPS) is 21.8. The first kappa shape index (κ1) is 15.7. The number of nitrogens with two attached hydrogens (primary N) is 1. The Labute approximate surface area is 145 Å². The second kappa shape index (κ2) is 6.96. The monoisotopic (exact) mass is 321 g/mol. The Balaban J connectivity index is 1.29. The van der Waals surface area contributed by atoms with E-state index in [0.29, 0.717) is 6.04 Å². The third-order valence-electron chi connectivity index (χ3n) is 5.65. The van der Waals surface area contributed by atoms with Crippen molar-refractivity contribution in [3.05, 3.63) is 65.2 Å². The van der Waals surface area contributed by atoms with Gasteiger partial charge in [0.05, 0.1) is 0 Å². The molecule has 126 valence electrons. The van der Waals surface area contributed by atoms with E-state index in [2.05, 4.69) is 46.2 Å². The predicted octanol–water partition coefficient (Wildman–Crippen LogP) is 3.12. The predicted molar refractivity (Wildman–Crippen MR) is 100 cm³/mol. The highest BCUT2D eigenvalue weighted by Crippen LogP contribution is 2.35. The number of anilines is 1. The number of nitrogens with zero attached hydrogens (tertiary/aromatic N) is 2. The van der Waals surface area contributed by atoms with Gasteiger partial charge in [-0.25, -0.2) is 0 Å². The fourth-order valence-electron chi connectivity index (χ4n) is 4.18. The molecule has 0 radical (unpaired) electrons. The van der Waals surface area contributed by atoms with E-state index in [0.717, 1.165) is 18.7 Å². The van der Waals surface area contributed by atoms with Crippen LogP contribution in [0.15, 0.2) is 48.5 Å². The SMILES string of the molecule is Nc1ccc(CCN2CCN(C3CCc4ccccc43)CC2)cc1. The van der Waals surface area contributed by atoms with Gasteiger partial charge in [-0.1, -0.05) is 36.4 Å². The van der Waals surface area contributed by atoms with Gasteiger partial charge >= 0.3 is 0 Å². The van der Waals surface area contributed by atoms with Crippen LogP contribution in [0.25, 0.3) is 0 Å². The molecule has 1 aliphatic heterocycles. The molecule has 0 aromatic heterocycles. The van der Waals surface area contributed by atoms with Gasteiger partial charge in [-0.15, -0.1) is 0 Å². The molecule has 1 saturated heterocycles. The molecule has 1 unspecified atom stereocenters. The molecule has 1 fully saturated rings. The van der Waals surface area contributed by atoms with Gasteiger partial charge in [0, 0.05) is 44.5 Å². The molecule has 0 spiro atoms. The highest BCUT2D eigenvalue weighted by atomic mass is 15.3. The summed E-state index contributed by atoms with van der Waals surface area (Å²) in [7, 11) is 0. The van der Waals surface area contributed by atoms with E-state index in [9.17, 15) is 0 Å². The van der Waals surface area contributed by atoms with E-state index < -0.39 is 0 Å². The van der Waals surface area contributed by atoms with Crippen LogP contribution in [-0.4, -0.2) is 42.5 Å². The van der Waals surface area contributed by atoms with Crippen molar-refractivity contribution in [2.24, 2.45) is 0 Å². The molecule has 1 atom stereocenters. The van der Waals surface area contributed by atoms with Crippen LogP contribution in [0.2, 0.25) is 0 Å². The largest absolute Gasteiger partial charge is 0.399 e. The number of hydrogen-bond donors (Lipinski definition) is 1. The van der Waals surface area contributed by atoms with Crippen molar-refractivity contribution in [3.8, 4) is 0 Å². The number of benzene rings is 2. The van der Waals surface area contributed by atoms with Crippen molar-refractivity contribution in [2.75, 3.05) is 38.5 Å². The molecule has 0 saturated carbocycles. The minimum atomic E-state index is 0.653. The summed E-state index contributed by atoms with van der Waals surface area (Å²) in [6, 6.07) is 18.0. The molecule has 2 aromatic rings. The van der Waals surface area contributed by atoms with Gasteiger partial charge in [-0.3, -0.25) is 4.90 Å². The summed E-state index contributed by atoms with van der Waals surface area (Å²) in [5.41, 5.74) is 11.1. The number of hydrogen-bond acceptors (Lipinski definition) is 3. The van der Waals surface area contributed by atoms with Crippen molar-refractivity contribution in [2.45, 2.75) is 25.3 Å². The van der Waals surface area contributed by atoms with Gasteiger partial charge < -0.3 is 10.6 Å². The number of rotatable bonds is 4. The summed E-state index contributed by atoms with van der Waals surface area (Å²) in [6.45, 7) is 5.92. The Morgan fingerprint density at radius 2 is 1.67 bits per heavy atom. The van der Waals surface area contributed by atoms with Crippen molar-refractivity contribution in [1.82, 2.24) is 9.80 Å². The lowest BCUT2D eigenvalue weighted by Gasteiger charge is -2.38. The second-order valence-electron chi connectivity index (χ2n) is 7.12. The first-order valence-electron chi connectivity index (χ1n) is 9.18. The quantitative estimate of drug-likeness (QED) is 0.878. The summed E-state index contributed by atoms with van der Waals surface area (Å²) >= 11 is 0. The lowest BCUT2D eigenvalue weighted by atomic mass is 10.1. The molecule has 0 amide bonds. The summed E-state index contributed by atoms with van der Waals surface area (Å²) in [5, 5.41) is 0. The molecule has 1 aliphatic carbocycles. The van der Waals surface area contributed by atoms with Crippen molar-refractivity contribution in [3.63, 3.8) is 0 Å². The van der Waals surface area contributed by atoms with E-state index in [-0.39, 0.29) is 0 Å². The summed E-state index contributed by atoms with van der Waals surface area (Å²) < 4.78 is 0. The van der Waals surface area contributed by atoms with Crippen LogP contribution in [0.3, 0.4) is 0 Å². The maximum Gasteiger partial charge on any atom is 0.0355 e. The molecular weight excluding hydrogens is 294 g/mol. The Morgan fingerprint density at radius 3 is 2.46 bits per heavy atom. The van der Waals surface area contributed by atoms with Crippen LogP contribution in [0.4, 0.5) is 5.69 Å². The number of piperazine rings is 1. The minimum absolute atomic E-state index is 0.653. The maximum atomic E-state index is 5.76. The van der Waals surface area contributed by atoms with Crippen molar-refractivity contribution >= 4 is 5.69 Å². The molecule has 2 N–H and O–H groups in total. The van der Waals surface area contributed by atoms with Gasteiger partial charge in [0.15, 0.2) is 0 Å². The Kier molecular flexibility index (Phi) is 4.54. The van der Waals surface area contributed by atoms with Crippen molar-refractivity contribution in [1.29, 1.82) is 0 Å². The first-order valence-corrected chi connectivity index (χ1v) is 9.18. The number of nitrogen functional groups attached to an aromatic ring is 1. The number of aryl methyl sites for hydroxylation is 1. The van der Waals surface area contributed by atoms with E-state index in [1.807, 2.05) is 12.1 Å². The fourth-order valence-corrected chi connectivity index (χ4v) is 4.18. The summed E-state index contributed by atoms with van der Waals surface area (Å²) in [5.74, 6) is 0.